The normalized spacial score (nSPS) is 26.5. The molecule has 0 radical (unpaired) electrons. The Morgan fingerprint density at radius 1 is 1.27 bits per heavy atom. The fourth-order valence-corrected chi connectivity index (χ4v) is 2.63. The number of Topliss-reactive ketones (excluding diaryl/α,β-unsaturated/α-hetero) is 1. The number of ketones is 1. The fraction of sp³-hybridized carbons (Fsp3) is 0.923. The van der Waals surface area contributed by atoms with Crippen LogP contribution in [-0.2, 0) is 4.79 Å². The summed E-state index contributed by atoms with van der Waals surface area (Å²) >= 11 is 0. The van der Waals surface area contributed by atoms with Crippen molar-refractivity contribution in [3.63, 3.8) is 0 Å². The first-order valence-corrected chi connectivity index (χ1v) is 6.54. The lowest BCUT2D eigenvalue weighted by Gasteiger charge is -2.24. The van der Waals surface area contributed by atoms with Gasteiger partial charge in [-0.1, -0.05) is 6.92 Å². The summed E-state index contributed by atoms with van der Waals surface area (Å²) in [5, 5.41) is 0. The highest BCUT2D eigenvalue weighted by Crippen LogP contribution is 2.31. The number of nitrogens with zero attached hydrogens (tertiary/aromatic N) is 1. The van der Waals surface area contributed by atoms with Crippen molar-refractivity contribution in [1.29, 1.82) is 0 Å². The van der Waals surface area contributed by atoms with Crippen LogP contribution >= 0.6 is 0 Å². The van der Waals surface area contributed by atoms with Gasteiger partial charge in [-0.2, -0.15) is 0 Å². The van der Waals surface area contributed by atoms with Gasteiger partial charge in [-0.25, -0.2) is 0 Å². The molecule has 1 atom stereocenters. The molecule has 0 aromatic rings. The van der Waals surface area contributed by atoms with Gasteiger partial charge in [0.05, 0.1) is 0 Å². The highest BCUT2D eigenvalue weighted by atomic mass is 16.1. The third-order valence-corrected chi connectivity index (χ3v) is 3.66. The van der Waals surface area contributed by atoms with Crippen LogP contribution in [0.15, 0.2) is 0 Å². The van der Waals surface area contributed by atoms with Crippen LogP contribution in [-0.4, -0.2) is 30.3 Å². The molecule has 0 saturated heterocycles. The standard InChI is InChI=1S/C13H23NO/c1-2-8-14(9-11-6-7-11)10-12-4-3-5-13(12)15/h11-12H,2-10H2,1H3. The van der Waals surface area contributed by atoms with Gasteiger partial charge >= 0.3 is 0 Å². The Morgan fingerprint density at radius 3 is 2.60 bits per heavy atom. The largest absolute Gasteiger partial charge is 0.302 e. The summed E-state index contributed by atoms with van der Waals surface area (Å²) in [6, 6.07) is 0. The summed E-state index contributed by atoms with van der Waals surface area (Å²) in [5.41, 5.74) is 0. The third kappa shape index (κ3) is 3.30. The van der Waals surface area contributed by atoms with Crippen LogP contribution in [0.4, 0.5) is 0 Å². The lowest BCUT2D eigenvalue weighted by atomic mass is 10.1. The van der Waals surface area contributed by atoms with Crippen LogP contribution in [0.3, 0.4) is 0 Å². The Morgan fingerprint density at radius 2 is 2.07 bits per heavy atom. The van der Waals surface area contributed by atoms with E-state index in [-0.39, 0.29) is 0 Å². The van der Waals surface area contributed by atoms with E-state index in [4.69, 9.17) is 0 Å². The topological polar surface area (TPSA) is 20.3 Å². The van der Waals surface area contributed by atoms with Gasteiger partial charge in [0.25, 0.3) is 0 Å². The van der Waals surface area contributed by atoms with Gasteiger partial charge in [-0.3, -0.25) is 4.79 Å². The SMILES string of the molecule is CCCN(CC1CC1)CC1CCCC1=O. The molecule has 2 heteroatoms. The average molecular weight is 209 g/mol. The van der Waals surface area contributed by atoms with Crippen LogP contribution < -0.4 is 0 Å². The van der Waals surface area contributed by atoms with Crippen LogP contribution in [0.2, 0.25) is 0 Å². The van der Waals surface area contributed by atoms with Crippen molar-refractivity contribution in [3.8, 4) is 0 Å². The van der Waals surface area contributed by atoms with Gasteiger partial charge in [0.15, 0.2) is 0 Å². The summed E-state index contributed by atoms with van der Waals surface area (Å²) in [4.78, 5) is 14.1. The second-order valence-electron chi connectivity index (χ2n) is 5.26. The van der Waals surface area contributed by atoms with Gasteiger partial charge in [-0.15, -0.1) is 0 Å². The molecule has 86 valence electrons. The van der Waals surface area contributed by atoms with Crippen LogP contribution in [0.25, 0.3) is 0 Å². The summed E-state index contributed by atoms with van der Waals surface area (Å²) in [6.45, 7) is 5.71. The second-order valence-corrected chi connectivity index (χ2v) is 5.26. The maximum atomic E-state index is 11.6. The van der Waals surface area contributed by atoms with Crippen molar-refractivity contribution in [3.05, 3.63) is 0 Å². The van der Waals surface area contributed by atoms with Gasteiger partial charge in [0, 0.05) is 25.4 Å². The van der Waals surface area contributed by atoms with E-state index in [0.29, 0.717) is 11.7 Å². The molecular formula is C13H23NO. The quantitative estimate of drug-likeness (QED) is 0.670. The van der Waals surface area contributed by atoms with Crippen molar-refractivity contribution in [2.45, 2.75) is 45.4 Å². The first-order chi connectivity index (χ1) is 7.29. The number of hydrogen-bond acceptors (Lipinski definition) is 2. The van der Waals surface area contributed by atoms with E-state index in [0.717, 1.165) is 31.7 Å². The molecule has 0 aromatic heterocycles. The fourth-order valence-electron chi connectivity index (χ4n) is 2.63. The second kappa shape index (κ2) is 5.11. The van der Waals surface area contributed by atoms with Crippen LogP contribution in [0, 0.1) is 11.8 Å². The highest BCUT2D eigenvalue weighted by Gasteiger charge is 2.29. The summed E-state index contributed by atoms with van der Waals surface area (Å²) < 4.78 is 0. The van der Waals surface area contributed by atoms with E-state index in [9.17, 15) is 4.79 Å². The maximum Gasteiger partial charge on any atom is 0.137 e. The Kier molecular flexibility index (Phi) is 3.79. The molecule has 0 aromatic carbocycles. The van der Waals surface area contributed by atoms with E-state index < -0.39 is 0 Å². The third-order valence-electron chi connectivity index (χ3n) is 3.66. The molecule has 0 amide bonds. The Balaban J connectivity index is 1.78. The summed E-state index contributed by atoms with van der Waals surface area (Å²) in [6.07, 6.45) is 7.16. The van der Waals surface area contributed by atoms with Crippen LogP contribution in [0.5, 0.6) is 0 Å². The Hall–Kier alpha value is -0.370. The van der Waals surface area contributed by atoms with Gasteiger partial charge in [0.1, 0.15) is 5.78 Å². The van der Waals surface area contributed by atoms with Crippen LogP contribution in [0.1, 0.15) is 45.4 Å². The predicted molar refractivity (Wildman–Crippen MR) is 61.8 cm³/mol. The molecule has 2 nitrogen and oxygen atoms in total. The average Bonchev–Trinajstić information content (AvgIpc) is 2.92. The van der Waals surface area contributed by atoms with E-state index in [2.05, 4.69) is 11.8 Å². The molecule has 2 fully saturated rings. The minimum atomic E-state index is 0.371. The van der Waals surface area contributed by atoms with E-state index >= 15 is 0 Å². The molecular weight excluding hydrogens is 186 g/mol. The molecule has 2 aliphatic rings. The molecule has 0 bridgehead atoms. The van der Waals surface area contributed by atoms with E-state index in [1.54, 1.807) is 0 Å². The first kappa shape index (κ1) is 11.1. The molecule has 0 aliphatic heterocycles. The lowest BCUT2D eigenvalue weighted by molar-refractivity contribution is -0.121. The molecule has 0 spiro atoms. The summed E-state index contributed by atoms with van der Waals surface area (Å²) in [5.74, 6) is 1.84. The maximum absolute atomic E-state index is 11.6. The first-order valence-electron chi connectivity index (χ1n) is 6.54. The zero-order valence-corrected chi connectivity index (χ0v) is 9.87. The molecule has 1 unspecified atom stereocenters. The van der Waals surface area contributed by atoms with Crippen molar-refractivity contribution >= 4 is 5.78 Å². The molecule has 2 aliphatic carbocycles. The van der Waals surface area contributed by atoms with Crippen molar-refractivity contribution in [1.82, 2.24) is 4.90 Å². The monoisotopic (exact) mass is 209 g/mol. The number of carbonyl (C=O) groups excluding carboxylic acids is 1. The zero-order chi connectivity index (χ0) is 10.7. The number of rotatable bonds is 6. The molecule has 15 heavy (non-hydrogen) atoms. The number of hydrogen-bond donors (Lipinski definition) is 0. The molecule has 2 rings (SSSR count). The van der Waals surface area contributed by atoms with Crippen molar-refractivity contribution in [2.24, 2.45) is 11.8 Å². The van der Waals surface area contributed by atoms with Crippen molar-refractivity contribution in [2.75, 3.05) is 19.6 Å². The smallest absolute Gasteiger partial charge is 0.137 e. The molecule has 0 N–H and O–H groups in total. The van der Waals surface area contributed by atoms with Gasteiger partial charge in [0.2, 0.25) is 0 Å². The van der Waals surface area contributed by atoms with Gasteiger partial charge < -0.3 is 4.90 Å². The van der Waals surface area contributed by atoms with Gasteiger partial charge in [-0.05, 0) is 44.6 Å². The van der Waals surface area contributed by atoms with E-state index in [1.807, 2.05) is 0 Å². The Labute approximate surface area is 93.0 Å². The minimum Gasteiger partial charge on any atom is -0.302 e. The number of carbonyl (C=O) groups is 1. The molecule has 0 heterocycles. The summed E-state index contributed by atoms with van der Waals surface area (Å²) in [7, 11) is 0. The zero-order valence-electron chi connectivity index (χ0n) is 9.87. The lowest BCUT2D eigenvalue weighted by Crippen LogP contribution is -2.33. The highest BCUT2D eigenvalue weighted by molar-refractivity contribution is 5.83. The minimum absolute atomic E-state index is 0.371. The molecule has 2 saturated carbocycles. The Bertz CT molecular complexity index is 223. The van der Waals surface area contributed by atoms with E-state index in [1.165, 1.54) is 32.4 Å². The van der Waals surface area contributed by atoms with Crippen molar-refractivity contribution < 1.29 is 4.79 Å². The predicted octanol–water partition coefficient (Wildman–Crippen LogP) is 2.48.